The molecule has 1 aromatic heterocycles. The van der Waals surface area contributed by atoms with E-state index in [2.05, 4.69) is 15.3 Å². The summed E-state index contributed by atoms with van der Waals surface area (Å²) in [4.78, 5) is 20.1. The van der Waals surface area contributed by atoms with Gasteiger partial charge in [-0.05, 0) is 37.3 Å². The van der Waals surface area contributed by atoms with Gasteiger partial charge in [0.05, 0.1) is 6.61 Å². The Morgan fingerprint density at radius 2 is 1.76 bits per heavy atom. The van der Waals surface area contributed by atoms with Crippen molar-refractivity contribution in [3.8, 4) is 6.01 Å². The first-order valence-electron chi connectivity index (χ1n) is 8.64. The predicted octanol–water partition coefficient (Wildman–Crippen LogP) is 2.50. The van der Waals surface area contributed by atoms with Gasteiger partial charge in [-0.2, -0.15) is 0 Å². The van der Waals surface area contributed by atoms with E-state index in [1.807, 2.05) is 30.3 Å². The molecule has 1 fully saturated rings. The molecule has 1 heterocycles. The van der Waals surface area contributed by atoms with E-state index in [1.165, 1.54) is 0 Å². The molecule has 0 radical (unpaired) electrons. The van der Waals surface area contributed by atoms with Gasteiger partial charge >= 0.3 is 6.01 Å². The van der Waals surface area contributed by atoms with E-state index >= 15 is 0 Å². The number of carbonyl (C=O) groups is 1. The molecule has 0 unspecified atom stereocenters. The van der Waals surface area contributed by atoms with Crippen molar-refractivity contribution in [1.29, 1.82) is 0 Å². The molecule has 0 saturated heterocycles. The van der Waals surface area contributed by atoms with Crippen LogP contribution >= 0.6 is 0 Å². The monoisotopic (exact) mass is 341 g/mol. The Balaban J connectivity index is 1.32. The third-order valence-corrected chi connectivity index (χ3v) is 4.20. The zero-order valence-electron chi connectivity index (χ0n) is 14.1. The number of aromatic nitrogens is 2. The molecule has 1 aliphatic carbocycles. The van der Waals surface area contributed by atoms with Gasteiger partial charge < -0.3 is 14.8 Å². The summed E-state index contributed by atoms with van der Waals surface area (Å²) in [6.45, 7) is 0.537. The highest BCUT2D eigenvalue weighted by atomic mass is 16.5. The topological polar surface area (TPSA) is 73.3 Å². The summed E-state index contributed by atoms with van der Waals surface area (Å²) >= 11 is 0. The van der Waals surface area contributed by atoms with Crippen LogP contribution in [0.2, 0.25) is 0 Å². The van der Waals surface area contributed by atoms with Crippen molar-refractivity contribution < 1.29 is 14.3 Å². The Hall–Kier alpha value is -2.47. The summed E-state index contributed by atoms with van der Waals surface area (Å²) in [5.41, 5.74) is 1.07. The molecule has 132 valence electrons. The van der Waals surface area contributed by atoms with Crippen molar-refractivity contribution in [1.82, 2.24) is 15.3 Å². The number of ether oxygens (including phenoxy) is 2. The van der Waals surface area contributed by atoms with Crippen molar-refractivity contribution in [3.63, 3.8) is 0 Å². The molecule has 6 nitrogen and oxygen atoms in total. The maximum absolute atomic E-state index is 12.0. The number of hydrogen-bond donors (Lipinski definition) is 1. The zero-order chi connectivity index (χ0) is 17.3. The van der Waals surface area contributed by atoms with Crippen LogP contribution in [0.5, 0.6) is 6.01 Å². The average Bonchev–Trinajstić information content (AvgIpc) is 2.65. The number of benzene rings is 1. The largest absolute Gasteiger partial charge is 0.460 e. The number of carbonyl (C=O) groups excluding carboxylic acids is 1. The highest BCUT2D eigenvalue weighted by Gasteiger charge is 2.24. The van der Waals surface area contributed by atoms with Gasteiger partial charge in [0.1, 0.15) is 12.7 Å². The second-order valence-corrected chi connectivity index (χ2v) is 6.17. The first-order chi connectivity index (χ1) is 12.3. The molecule has 25 heavy (non-hydrogen) atoms. The molecule has 1 N–H and O–H groups in total. The highest BCUT2D eigenvalue weighted by molar-refractivity contribution is 5.77. The van der Waals surface area contributed by atoms with Gasteiger partial charge in [-0.3, -0.25) is 4.79 Å². The summed E-state index contributed by atoms with van der Waals surface area (Å²) in [6, 6.07) is 12.2. The summed E-state index contributed by atoms with van der Waals surface area (Å²) in [5.74, 6) is -0.0632. The standard InChI is InChI=1S/C19H23N3O3/c23-18(14-24-13-15-5-2-1-3-6-15)22-16-7-9-17(10-8-16)25-19-20-11-4-12-21-19/h1-6,11-12,16-17H,7-10,13-14H2,(H,22,23). The molecular weight excluding hydrogens is 318 g/mol. The Bertz CT molecular complexity index is 643. The smallest absolute Gasteiger partial charge is 0.316 e. The van der Waals surface area contributed by atoms with Crippen LogP contribution in [0.4, 0.5) is 0 Å². The molecule has 1 aromatic carbocycles. The Kier molecular flexibility index (Phi) is 6.34. The fourth-order valence-corrected chi connectivity index (χ4v) is 2.93. The summed E-state index contributed by atoms with van der Waals surface area (Å²) in [6.07, 6.45) is 7.00. The lowest BCUT2D eigenvalue weighted by Crippen LogP contribution is -2.41. The van der Waals surface area contributed by atoms with E-state index in [1.54, 1.807) is 18.5 Å². The van der Waals surface area contributed by atoms with Crippen molar-refractivity contribution >= 4 is 5.91 Å². The van der Waals surface area contributed by atoms with Gasteiger partial charge in [0.25, 0.3) is 0 Å². The molecule has 0 bridgehead atoms. The van der Waals surface area contributed by atoms with Gasteiger partial charge in [0.15, 0.2) is 0 Å². The summed E-state index contributed by atoms with van der Waals surface area (Å²) in [5, 5.41) is 3.04. The van der Waals surface area contributed by atoms with Gasteiger partial charge in [-0.15, -0.1) is 0 Å². The van der Waals surface area contributed by atoms with E-state index in [0.717, 1.165) is 31.2 Å². The van der Waals surface area contributed by atoms with Crippen molar-refractivity contribution in [2.75, 3.05) is 6.61 Å². The van der Waals surface area contributed by atoms with Gasteiger partial charge in [0.2, 0.25) is 5.91 Å². The number of nitrogens with zero attached hydrogens (tertiary/aromatic N) is 2. The number of nitrogens with one attached hydrogen (secondary N) is 1. The molecule has 3 rings (SSSR count). The predicted molar refractivity (Wildman–Crippen MR) is 92.9 cm³/mol. The minimum atomic E-state index is -0.0632. The van der Waals surface area contributed by atoms with Crippen LogP contribution in [0.15, 0.2) is 48.8 Å². The average molecular weight is 341 g/mol. The fraction of sp³-hybridized carbons (Fsp3) is 0.421. The number of rotatable bonds is 7. The Morgan fingerprint density at radius 3 is 2.48 bits per heavy atom. The van der Waals surface area contributed by atoms with E-state index in [9.17, 15) is 4.79 Å². The maximum Gasteiger partial charge on any atom is 0.316 e. The minimum Gasteiger partial charge on any atom is -0.460 e. The number of hydrogen-bond acceptors (Lipinski definition) is 5. The first-order valence-corrected chi connectivity index (χ1v) is 8.64. The van der Waals surface area contributed by atoms with Gasteiger partial charge in [-0.1, -0.05) is 30.3 Å². The Morgan fingerprint density at radius 1 is 1.04 bits per heavy atom. The van der Waals surface area contributed by atoms with Crippen LogP contribution in [0, 0.1) is 0 Å². The molecule has 0 spiro atoms. The zero-order valence-corrected chi connectivity index (χ0v) is 14.1. The van der Waals surface area contributed by atoms with Crippen LogP contribution in [-0.2, 0) is 16.1 Å². The van der Waals surface area contributed by atoms with E-state index < -0.39 is 0 Å². The molecule has 1 saturated carbocycles. The summed E-state index contributed by atoms with van der Waals surface area (Å²) < 4.78 is 11.2. The fourth-order valence-electron chi connectivity index (χ4n) is 2.93. The third kappa shape index (κ3) is 5.83. The molecule has 0 atom stereocenters. The van der Waals surface area contributed by atoms with Crippen molar-refractivity contribution in [2.45, 2.75) is 44.4 Å². The van der Waals surface area contributed by atoms with Crippen LogP contribution in [0.1, 0.15) is 31.2 Å². The van der Waals surface area contributed by atoms with E-state index in [-0.39, 0.29) is 24.7 Å². The van der Waals surface area contributed by atoms with Gasteiger partial charge in [0, 0.05) is 18.4 Å². The van der Waals surface area contributed by atoms with Gasteiger partial charge in [-0.25, -0.2) is 9.97 Å². The second kappa shape index (κ2) is 9.13. The van der Waals surface area contributed by atoms with Crippen molar-refractivity contribution in [2.24, 2.45) is 0 Å². The first kappa shape index (κ1) is 17.4. The van der Waals surface area contributed by atoms with E-state index in [4.69, 9.17) is 9.47 Å². The summed E-state index contributed by atoms with van der Waals surface area (Å²) in [7, 11) is 0. The SMILES string of the molecule is O=C(COCc1ccccc1)NC1CCC(Oc2ncccn2)CC1. The lowest BCUT2D eigenvalue weighted by Gasteiger charge is -2.28. The lowest BCUT2D eigenvalue weighted by atomic mass is 9.93. The van der Waals surface area contributed by atoms with E-state index in [0.29, 0.717) is 12.6 Å². The number of amides is 1. The Labute approximate surface area is 147 Å². The lowest BCUT2D eigenvalue weighted by molar-refractivity contribution is -0.127. The molecule has 6 heteroatoms. The molecular formula is C19H23N3O3. The second-order valence-electron chi connectivity index (χ2n) is 6.17. The van der Waals surface area contributed by atoms with Crippen LogP contribution in [0.3, 0.4) is 0 Å². The molecule has 1 aliphatic rings. The third-order valence-electron chi connectivity index (χ3n) is 4.20. The highest BCUT2D eigenvalue weighted by Crippen LogP contribution is 2.22. The molecule has 0 aliphatic heterocycles. The minimum absolute atomic E-state index is 0.0632. The van der Waals surface area contributed by atoms with Crippen LogP contribution in [0.25, 0.3) is 0 Å². The molecule has 1 amide bonds. The molecule has 2 aromatic rings. The van der Waals surface area contributed by atoms with Crippen LogP contribution < -0.4 is 10.1 Å². The normalized spacial score (nSPS) is 20.0. The maximum atomic E-state index is 12.0. The van der Waals surface area contributed by atoms with Crippen molar-refractivity contribution in [3.05, 3.63) is 54.4 Å². The quantitative estimate of drug-likeness (QED) is 0.838. The van der Waals surface area contributed by atoms with Crippen LogP contribution in [-0.4, -0.2) is 34.6 Å².